The number of carbonyl (C=O) groups excluding carboxylic acids is 1. The lowest BCUT2D eigenvalue weighted by molar-refractivity contribution is -0.125. The van der Waals surface area contributed by atoms with Crippen molar-refractivity contribution in [3.05, 3.63) is 41.5 Å². The van der Waals surface area contributed by atoms with Gasteiger partial charge in [0.05, 0.1) is 6.10 Å². The van der Waals surface area contributed by atoms with Crippen LogP contribution in [0.25, 0.3) is 0 Å². The first kappa shape index (κ1) is 16.0. The predicted octanol–water partition coefficient (Wildman–Crippen LogP) is 0.401. The smallest absolute Gasteiger partial charge is 0.245 e. The molecule has 8 heteroatoms. The summed E-state index contributed by atoms with van der Waals surface area (Å²) < 4.78 is 14.4. The Labute approximate surface area is 127 Å². The monoisotopic (exact) mass is 307 g/mol. The fraction of sp³-hybridized carbons (Fsp3) is 0.429. The van der Waals surface area contributed by atoms with Crippen LogP contribution in [0.15, 0.2) is 24.3 Å². The van der Waals surface area contributed by atoms with Crippen LogP contribution in [0, 0.1) is 12.7 Å². The Bertz CT molecular complexity index is 626. The van der Waals surface area contributed by atoms with Crippen molar-refractivity contribution in [2.24, 2.45) is 0 Å². The number of carbonyl (C=O) groups is 1. The number of benzene rings is 1. The molecule has 0 radical (unpaired) electrons. The van der Waals surface area contributed by atoms with Gasteiger partial charge in [-0.3, -0.25) is 4.79 Å². The highest BCUT2D eigenvalue weighted by Crippen LogP contribution is 2.15. The summed E-state index contributed by atoms with van der Waals surface area (Å²) >= 11 is 0. The Morgan fingerprint density at radius 2 is 2.09 bits per heavy atom. The molecule has 1 amide bonds. The number of tetrazole rings is 1. The number of hydrogen-bond donors (Lipinski definition) is 2. The van der Waals surface area contributed by atoms with E-state index in [4.69, 9.17) is 0 Å². The van der Waals surface area contributed by atoms with Crippen LogP contribution in [0.4, 0.5) is 4.39 Å². The average molecular weight is 307 g/mol. The molecule has 2 atom stereocenters. The highest BCUT2D eigenvalue weighted by molar-refractivity contribution is 5.80. The van der Waals surface area contributed by atoms with Crippen molar-refractivity contribution in [1.29, 1.82) is 0 Å². The lowest BCUT2D eigenvalue weighted by Crippen LogP contribution is -2.38. The van der Waals surface area contributed by atoms with Crippen molar-refractivity contribution in [3.63, 3.8) is 0 Å². The summed E-state index contributed by atoms with van der Waals surface area (Å²) in [6.45, 7) is 3.41. The average Bonchev–Trinajstić information content (AvgIpc) is 2.90. The van der Waals surface area contributed by atoms with Crippen LogP contribution in [0.2, 0.25) is 0 Å². The number of rotatable bonds is 6. The second kappa shape index (κ2) is 7.08. The summed E-state index contributed by atoms with van der Waals surface area (Å²) in [5.74, 6) is -0.141. The second-order valence-electron chi connectivity index (χ2n) is 5.11. The molecule has 1 aromatic heterocycles. The minimum atomic E-state index is -0.667. The molecule has 2 N–H and O–H groups in total. The highest BCUT2D eigenvalue weighted by atomic mass is 19.1. The molecule has 7 nitrogen and oxygen atoms in total. The van der Waals surface area contributed by atoms with Crippen molar-refractivity contribution in [3.8, 4) is 0 Å². The van der Waals surface area contributed by atoms with Gasteiger partial charge in [-0.05, 0) is 42.0 Å². The lowest BCUT2D eigenvalue weighted by Gasteiger charge is -2.18. The molecule has 0 saturated heterocycles. The third kappa shape index (κ3) is 4.08. The van der Waals surface area contributed by atoms with E-state index in [2.05, 4.69) is 20.8 Å². The van der Waals surface area contributed by atoms with Crippen LogP contribution in [0.1, 0.15) is 24.4 Å². The second-order valence-corrected chi connectivity index (χ2v) is 5.11. The summed E-state index contributed by atoms with van der Waals surface area (Å²) in [7, 11) is 0. The van der Waals surface area contributed by atoms with Gasteiger partial charge in [0.1, 0.15) is 17.7 Å². The quantitative estimate of drug-likeness (QED) is 0.806. The number of amides is 1. The van der Waals surface area contributed by atoms with Crippen molar-refractivity contribution in [2.75, 3.05) is 6.54 Å². The van der Waals surface area contributed by atoms with Crippen LogP contribution < -0.4 is 5.32 Å². The molecule has 2 aromatic rings. The SMILES string of the molecule is Cc1nnnn1C(Cc1ccc(F)cc1)C(=O)NCC(C)O. The maximum Gasteiger partial charge on any atom is 0.245 e. The molecular weight excluding hydrogens is 289 g/mol. The molecular formula is C14H18FN5O2. The largest absolute Gasteiger partial charge is 0.392 e. The Morgan fingerprint density at radius 1 is 1.41 bits per heavy atom. The number of aryl methyl sites for hydroxylation is 1. The van der Waals surface area contributed by atoms with Crippen molar-refractivity contribution >= 4 is 5.91 Å². The molecule has 2 rings (SSSR count). The number of hydrogen-bond acceptors (Lipinski definition) is 5. The Balaban J connectivity index is 2.20. The minimum Gasteiger partial charge on any atom is -0.392 e. The van der Waals surface area contributed by atoms with E-state index in [9.17, 15) is 14.3 Å². The zero-order chi connectivity index (χ0) is 16.1. The molecule has 0 aliphatic carbocycles. The van der Waals surface area contributed by atoms with E-state index in [0.717, 1.165) is 5.56 Å². The van der Waals surface area contributed by atoms with Gasteiger partial charge in [0.2, 0.25) is 5.91 Å². The van der Waals surface area contributed by atoms with Gasteiger partial charge in [0.15, 0.2) is 0 Å². The molecule has 0 fully saturated rings. The number of aliphatic hydroxyl groups is 1. The summed E-state index contributed by atoms with van der Waals surface area (Å²) in [5.41, 5.74) is 0.786. The van der Waals surface area contributed by atoms with Gasteiger partial charge in [0, 0.05) is 13.0 Å². The van der Waals surface area contributed by atoms with Crippen LogP contribution in [-0.2, 0) is 11.2 Å². The van der Waals surface area contributed by atoms with Crippen LogP contribution in [0.5, 0.6) is 0 Å². The van der Waals surface area contributed by atoms with Crippen LogP contribution in [0.3, 0.4) is 0 Å². The van der Waals surface area contributed by atoms with Gasteiger partial charge in [-0.15, -0.1) is 5.10 Å². The lowest BCUT2D eigenvalue weighted by atomic mass is 10.1. The van der Waals surface area contributed by atoms with Gasteiger partial charge in [0.25, 0.3) is 0 Å². The molecule has 0 aliphatic rings. The molecule has 1 aromatic carbocycles. The molecule has 0 saturated carbocycles. The first-order valence-corrected chi connectivity index (χ1v) is 6.92. The minimum absolute atomic E-state index is 0.139. The zero-order valence-electron chi connectivity index (χ0n) is 12.4. The van der Waals surface area contributed by atoms with E-state index in [-0.39, 0.29) is 18.3 Å². The molecule has 0 bridgehead atoms. The molecule has 0 aliphatic heterocycles. The summed E-state index contributed by atoms with van der Waals surface area (Å²) in [4.78, 5) is 12.4. The Kier molecular flexibility index (Phi) is 5.16. The molecule has 2 unspecified atom stereocenters. The number of nitrogens with zero attached hydrogens (tertiary/aromatic N) is 4. The van der Waals surface area contributed by atoms with Gasteiger partial charge in [-0.1, -0.05) is 12.1 Å². The summed E-state index contributed by atoms with van der Waals surface area (Å²) in [5, 5.41) is 23.1. The van der Waals surface area contributed by atoms with E-state index in [0.29, 0.717) is 12.2 Å². The fourth-order valence-corrected chi connectivity index (χ4v) is 2.03. The molecule has 118 valence electrons. The van der Waals surface area contributed by atoms with Crippen molar-refractivity contribution < 1.29 is 14.3 Å². The van der Waals surface area contributed by atoms with Gasteiger partial charge < -0.3 is 10.4 Å². The van der Waals surface area contributed by atoms with Crippen molar-refractivity contribution in [1.82, 2.24) is 25.5 Å². The van der Waals surface area contributed by atoms with Gasteiger partial charge in [-0.25, -0.2) is 9.07 Å². The van der Waals surface area contributed by atoms with E-state index >= 15 is 0 Å². The maximum absolute atomic E-state index is 13.0. The Hall–Kier alpha value is -2.35. The Morgan fingerprint density at radius 3 is 2.64 bits per heavy atom. The first-order chi connectivity index (χ1) is 10.5. The summed E-state index contributed by atoms with van der Waals surface area (Å²) in [6, 6.07) is 5.24. The molecule has 1 heterocycles. The topological polar surface area (TPSA) is 92.9 Å². The standard InChI is InChI=1S/C14H18FN5O2/c1-9(21)8-16-14(22)13(20-10(2)17-18-19-20)7-11-3-5-12(15)6-4-11/h3-6,9,13,21H,7-8H2,1-2H3,(H,16,22). The zero-order valence-corrected chi connectivity index (χ0v) is 12.4. The summed E-state index contributed by atoms with van der Waals surface area (Å²) in [6.07, 6.45) is -0.331. The number of halogens is 1. The molecule has 22 heavy (non-hydrogen) atoms. The van der Waals surface area contributed by atoms with Gasteiger partial charge in [-0.2, -0.15) is 0 Å². The van der Waals surface area contributed by atoms with Crippen LogP contribution >= 0.6 is 0 Å². The predicted molar refractivity (Wildman–Crippen MR) is 76.4 cm³/mol. The third-order valence-corrected chi connectivity index (χ3v) is 3.17. The van der Waals surface area contributed by atoms with E-state index in [1.165, 1.54) is 16.8 Å². The first-order valence-electron chi connectivity index (χ1n) is 6.92. The molecule has 0 spiro atoms. The van der Waals surface area contributed by atoms with E-state index < -0.39 is 12.1 Å². The third-order valence-electron chi connectivity index (χ3n) is 3.17. The van der Waals surface area contributed by atoms with E-state index in [1.807, 2.05) is 0 Å². The van der Waals surface area contributed by atoms with Gasteiger partial charge >= 0.3 is 0 Å². The fourth-order valence-electron chi connectivity index (χ4n) is 2.03. The maximum atomic E-state index is 13.0. The van der Waals surface area contributed by atoms with Crippen molar-refractivity contribution in [2.45, 2.75) is 32.4 Å². The normalized spacial score (nSPS) is 13.6. The number of aliphatic hydroxyl groups excluding tert-OH is 1. The van der Waals surface area contributed by atoms with E-state index in [1.54, 1.807) is 26.0 Å². The number of nitrogens with one attached hydrogen (secondary N) is 1. The highest BCUT2D eigenvalue weighted by Gasteiger charge is 2.24. The number of aromatic nitrogens is 4. The van der Waals surface area contributed by atoms with Crippen LogP contribution in [-0.4, -0.2) is 43.9 Å².